The average Bonchev–Trinajstić information content (AvgIpc) is 2.57. The first-order chi connectivity index (χ1) is 11.8. The fourth-order valence-electron chi connectivity index (χ4n) is 2.34. The van der Waals surface area contributed by atoms with Gasteiger partial charge in [0.1, 0.15) is 5.75 Å². The highest BCUT2D eigenvalue weighted by atomic mass is 32.2. The normalized spacial score (nSPS) is 11.0. The molecule has 0 bridgehead atoms. The van der Waals surface area contributed by atoms with Crippen LogP contribution in [0.1, 0.15) is 28.4 Å². The van der Waals surface area contributed by atoms with Crippen molar-refractivity contribution in [2.75, 3.05) is 18.4 Å². The third-order valence-electron chi connectivity index (χ3n) is 3.70. The molecule has 25 heavy (non-hydrogen) atoms. The van der Waals surface area contributed by atoms with E-state index in [1.54, 1.807) is 13.0 Å². The second-order valence-electron chi connectivity index (χ2n) is 5.65. The van der Waals surface area contributed by atoms with E-state index in [9.17, 15) is 13.2 Å². The molecule has 2 aromatic rings. The summed E-state index contributed by atoms with van der Waals surface area (Å²) in [4.78, 5) is 12.2. The van der Waals surface area contributed by atoms with Gasteiger partial charge < -0.3 is 10.1 Å². The number of ether oxygens (including phenoxy) is 1. The van der Waals surface area contributed by atoms with Gasteiger partial charge in [-0.1, -0.05) is 12.1 Å². The van der Waals surface area contributed by atoms with Crippen molar-refractivity contribution in [3.8, 4) is 5.75 Å². The van der Waals surface area contributed by atoms with Crippen molar-refractivity contribution >= 4 is 21.6 Å². The molecule has 0 radical (unpaired) electrons. The molecule has 1 amide bonds. The molecule has 0 spiro atoms. The van der Waals surface area contributed by atoms with Gasteiger partial charge in [0.25, 0.3) is 15.9 Å². The van der Waals surface area contributed by atoms with Crippen molar-refractivity contribution in [2.45, 2.75) is 25.7 Å². The zero-order valence-electron chi connectivity index (χ0n) is 14.7. The van der Waals surface area contributed by atoms with Gasteiger partial charge in [-0.05, 0) is 56.2 Å². The Hall–Kier alpha value is -2.54. The molecular weight excluding hydrogens is 340 g/mol. The lowest BCUT2D eigenvalue weighted by molar-refractivity contribution is 0.0952. The number of rotatable bonds is 6. The number of amides is 1. The van der Waals surface area contributed by atoms with Crippen molar-refractivity contribution in [3.05, 3.63) is 53.1 Å². The summed E-state index contributed by atoms with van der Waals surface area (Å²) in [5.74, 6) is -0.0697. The summed E-state index contributed by atoms with van der Waals surface area (Å²) >= 11 is 0. The third kappa shape index (κ3) is 4.30. The van der Waals surface area contributed by atoms with Crippen LogP contribution in [0.15, 0.2) is 41.3 Å². The molecule has 0 aliphatic carbocycles. The van der Waals surface area contributed by atoms with E-state index < -0.39 is 10.0 Å². The zero-order chi connectivity index (χ0) is 18.6. The summed E-state index contributed by atoms with van der Waals surface area (Å²) in [7, 11) is -2.40. The lowest BCUT2D eigenvalue weighted by atomic mass is 10.1. The highest BCUT2D eigenvalue weighted by Gasteiger charge is 2.20. The molecule has 2 N–H and O–H groups in total. The van der Waals surface area contributed by atoms with Crippen LogP contribution in [0.5, 0.6) is 5.75 Å². The van der Waals surface area contributed by atoms with E-state index in [4.69, 9.17) is 4.74 Å². The Morgan fingerprint density at radius 3 is 2.48 bits per heavy atom. The van der Waals surface area contributed by atoms with Crippen LogP contribution in [0.4, 0.5) is 5.69 Å². The van der Waals surface area contributed by atoms with Crippen molar-refractivity contribution in [3.63, 3.8) is 0 Å². The Bertz CT molecular complexity index is 892. The van der Waals surface area contributed by atoms with Gasteiger partial charge in [-0.2, -0.15) is 0 Å². The number of carbonyl (C=O) groups excluding carboxylic acids is 1. The lowest BCUT2D eigenvalue weighted by Crippen LogP contribution is -2.24. The summed E-state index contributed by atoms with van der Waals surface area (Å²) in [6.07, 6.45) is 0. The monoisotopic (exact) mass is 362 g/mol. The Balaban J connectivity index is 2.44. The average molecular weight is 362 g/mol. The molecule has 0 saturated heterocycles. The lowest BCUT2D eigenvalue weighted by Gasteiger charge is -2.14. The second-order valence-corrected chi connectivity index (χ2v) is 7.33. The van der Waals surface area contributed by atoms with E-state index in [-0.39, 0.29) is 16.4 Å². The number of sulfonamides is 1. The van der Waals surface area contributed by atoms with Crippen molar-refractivity contribution < 1.29 is 17.9 Å². The van der Waals surface area contributed by atoms with Gasteiger partial charge in [-0.3, -0.25) is 9.52 Å². The van der Waals surface area contributed by atoms with Gasteiger partial charge in [-0.25, -0.2) is 8.42 Å². The van der Waals surface area contributed by atoms with E-state index in [1.807, 2.05) is 26.0 Å². The number of nitrogens with one attached hydrogen (secondary N) is 2. The number of carbonyl (C=O) groups is 1. The number of hydrogen-bond acceptors (Lipinski definition) is 4. The van der Waals surface area contributed by atoms with E-state index >= 15 is 0 Å². The van der Waals surface area contributed by atoms with Crippen molar-refractivity contribution in [1.82, 2.24) is 5.32 Å². The minimum Gasteiger partial charge on any atom is -0.496 e. The molecule has 134 valence electrons. The van der Waals surface area contributed by atoms with Gasteiger partial charge in [-0.15, -0.1) is 0 Å². The molecule has 0 saturated carbocycles. The van der Waals surface area contributed by atoms with E-state index in [1.165, 1.54) is 25.3 Å². The first-order valence-electron chi connectivity index (χ1n) is 7.84. The van der Waals surface area contributed by atoms with Gasteiger partial charge in [0, 0.05) is 6.54 Å². The van der Waals surface area contributed by atoms with Crippen LogP contribution in [-0.2, 0) is 10.0 Å². The number of aryl methyl sites for hydroxylation is 2. The molecule has 0 aliphatic heterocycles. The fourth-order valence-corrected chi connectivity index (χ4v) is 3.48. The predicted molar refractivity (Wildman–Crippen MR) is 97.7 cm³/mol. The van der Waals surface area contributed by atoms with Crippen LogP contribution in [-0.4, -0.2) is 28.0 Å². The maximum absolute atomic E-state index is 12.7. The smallest absolute Gasteiger partial charge is 0.261 e. The molecule has 0 atom stereocenters. The molecule has 7 heteroatoms. The maximum atomic E-state index is 12.7. The zero-order valence-corrected chi connectivity index (χ0v) is 15.5. The first kappa shape index (κ1) is 18.8. The summed E-state index contributed by atoms with van der Waals surface area (Å²) < 4.78 is 33.2. The summed E-state index contributed by atoms with van der Waals surface area (Å²) in [6, 6.07) is 9.73. The van der Waals surface area contributed by atoms with Crippen LogP contribution in [0, 0.1) is 13.8 Å². The molecule has 0 heterocycles. The van der Waals surface area contributed by atoms with Crippen LogP contribution < -0.4 is 14.8 Å². The molecule has 0 aromatic heterocycles. The summed E-state index contributed by atoms with van der Waals surface area (Å²) in [6.45, 7) is 5.93. The predicted octanol–water partition coefficient (Wildman–Crippen LogP) is 2.86. The highest BCUT2D eigenvalue weighted by molar-refractivity contribution is 7.92. The minimum absolute atomic E-state index is 0.00420. The van der Waals surface area contributed by atoms with Gasteiger partial charge in [0.2, 0.25) is 0 Å². The standard InChI is InChI=1S/C18H22N2O4S/c1-5-19-18(21)15-11-14(8-9-17(15)24-4)25(22,23)20-16-10-12(2)6-7-13(16)3/h6-11,20H,5H2,1-4H3,(H,19,21). The van der Waals surface area contributed by atoms with E-state index in [2.05, 4.69) is 10.0 Å². The Morgan fingerprint density at radius 1 is 1.12 bits per heavy atom. The quantitative estimate of drug-likeness (QED) is 0.827. The summed E-state index contributed by atoms with van der Waals surface area (Å²) in [5, 5.41) is 2.65. The van der Waals surface area contributed by atoms with Gasteiger partial charge in [0.15, 0.2) is 0 Å². The maximum Gasteiger partial charge on any atom is 0.261 e. The van der Waals surface area contributed by atoms with Crippen LogP contribution in [0.3, 0.4) is 0 Å². The number of benzene rings is 2. The first-order valence-corrected chi connectivity index (χ1v) is 9.33. The number of hydrogen-bond donors (Lipinski definition) is 2. The molecule has 0 unspecified atom stereocenters. The Labute approximate surface area is 148 Å². The van der Waals surface area contributed by atoms with Crippen LogP contribution in [0.25, 0.3) is 0 Å². The highest BCUT2D eigenvalue weighted by Crippen LogP contribution is 2.25. The Morgan fingerprint density at radius 2 is 1.84 bits per heavy atom. The Kier molecular flexibility index (Phi) is 5.69. The van der Waals surface area contributed by atoms with Crippen molar-refractivity contribution in [1.29, 1.82) is 0 Å². The fraction of sp³-hybridized carbons (Fsp3) is 0.278. The minimum atomic E-state index is -3.83. The SMILES string of the molecule is CCNC(=O)c1cc(S(=O)(=O)Nc2cc(C)ccc2C)ccc1OC. The third-order valence-corrected chi connectivity index (χ3v) is 5.06. The molecular formula is C18H22N2O4S. The van der Waals surface area contributed by atoms with Crippen LogP contribution in [0.2, 0.25) is 0 Å². The number of methoxy groups -OCH3 is 1. The van der Waals surface area contributed by atoms with Gasteiger partial charge >= 0.3 is 0 Å². The van der Waals surface area contributed by atoms with E-state index in [0.29, 0.717) is 18.0 Å². The van der Waals surface area contributed by atoms with Crippen LogP contribution >= 0.6 is 0 Å². The largest absolute Gasteiger partial charge is 0.496 e. The summed E-state index contributed by atoms with van der Waals surface area (Å²) in [5.41, 5.74) is 2.44. The second kappa shape index (κ2) is 7.57. The van der Waals surface area contributed by atoms with Gasteiger partial charge in [0.05, 0.1) is 23.3 Å². The molecule has 6 nitrogen and oxygen atoms in total. The van der Waals surface area contributed by atoms with E-state index in [0.717, 1.165) is 11.1 Å². The molecule has 2 aromatic carbocycles. The topological polar surface area (TPSA) is 84.5 Å². The molecule has 0 fully saturated rings. The molecule has 2 rings (SSSR count). The molecule has 0 aliphatic rings. The number of anilines is 1. The van der Waals surface area contributed by atoms with Crippen molar-refractivity contribution in [2.24, 2.45) is 0 Å².